The molecule has 156 valence electrons. The highest BCUT2D eigenvalue weighted by atomic mass is 16.5. The van der Waals surface area contributed by atoms with Gasteiger partial charge in [-0.25, -0.2) is 0 Å². The number of hydrogen-bond acceptors (Lipinski definition) is 5. The van der Waals surface area contributed by atoms with Crippen molar-refractivity contribution in [2.24, 2.45) is 0 Å². The molecule has 0 spiro atoms. The van der Waals surface area contributed by atoms with Crippen LogP contribution >= 0.6 is 0 Å². The quantitative estimate of drug-likeness (QED) is 0.628. The highest BCUT2D eigenvalue weighted by Gasteiger charge is 2.31. The third-order valence-electron chi connectivity index (χ3n) is 5.57. The highest BCUT2D eigenvalue weighted by Crippen LogP contribution is 2.45. The Bertz CT molecular complexity index is 1040. The Morgan fingerprint density at radius 3 is 2.10 bits per heavy atom. The van der Waals surface area contributed by atoms with Gasteiger partial charge < -0.3 is 19.4 Å². The molecule has 1 heterocycles. The van der Waals surface area contributed by atoms with E-state index in [0.717, 1.165) is 30.4 Å². The lowest BCUT2D eigenvalue weighted by Crippen LogP contribution is -2.17. The first kappa shape index (κ1) is 21.0. The molecule has 29 heavy (non-hydrogen) atoms. The van der Waals surface area contributed by atoms with Gasteiger partial charge in [-0.1, -0.05) is 29.7 Å². The molecular formula is C24H30O5. The summed E-state index contributed by atoms with van der Waals surface area (Å²) in [6.07, 6.45) is 7.57. The smallest absolute Gasteiger partial charge is 0.238 e. The Hall–Kier alpha value is -2.69. The molecule has 2 aromatic rings. The van der Waals surface area contributed by atoms with Gasteiger partial charge in [0.2, 0.25) is 11.2 Å². The van der Waals surface area contributed by atoms with Crippen LogP contribution in [0.4, 0.5) is 0 Å². The molecule has 0 atom stereocenters. The van der Waals surface area contributed by atoms with Crippen LogP contribution in [0.25, 0.3) is 11.0 Å². The van der Waals surface area contributed by atoms with Crippen molar-refractivity contribution in [3.8, 4) is 17.2 Å². The van der Waals surface area contributed by atoms with Gasteiger partial charge in [0.15, 0.2) is 5.76 Å². The summed E-state index contributed by atoms with van der Waals surface area (Å²) in [6, 6.07) is 0. The molecule has 1 saturated carbocycles. The number of benzene rings is 1. The van der Waals surface area contributed by atoms with Crippen LogP contribution in [0.2, 0.25) is 0 Å². The maximum atomic E-state index is 13.3. The summed E-state index contributed by atoms with van der Waals surface area (Å²) in [5, 5.41) is 22.0. The van der Waals surface area contributed by atoms with E-state index >= 15 is 0 Å². The van der Waals surface area contributed by atoms with E-state index in [1.54, 1.807) is 0 Å². The standard InChI is InChI=1S/C24H30O5/c1-13(2)9-11-16-19(25)17(12-10-14(3)4)23-18(20(16)26)21(27)24(28-5)22(29-23)15-7-6-8-15/h9-10,15,25-26H,6-8,11-12H2,1-5H3. The molecule has 0 unspecified atom stereocenters. The van der Waals surface area contributed by atoms with Gasteiger partial charge in [0.05, 0.1) is 7.11 Å². The number of rotatable bonds is 6. The van der Waals surface area contributed by atoms with Crippen LogP contribution in [-0.2, 0) is 12.8 Å². The number of aromatic hydroxyl groups is 2. The number of phenolic OH excluding ortho intramolecular Hbond substituents is 2. The molecule has 1 fully saturated rings. The Kier molecular flexibility index (Phi) is 6.06. The second-order valence-electron chi connectivity index (χ2n) is 8.29. The van der Waals surface area contributed by atoms with E-state index in [0.29, 0.717) is 29.7 Å². The fourth-order valence-electron chi connectivity index (χ4n) is 3.64. The average Bonchev–Trinajstić information content (AvgIpc) is 2.59. The van der Waals surface area contributed by atoms with Crippen molar-refractivity contribution in [1.82, 2.24) is 0 Å². The van der Waals surface area contributed by atoms with Crippen LogP contribution in [0.15, 0.2) is 32.5 Å². The Morgan fingerprint density at radius 1 is 1.03 bits per heavy atom. The molecule has 5 heteroatoms. The van der Waals surface area contributed by atoms with Crippen LogP contribution in [0.3, 0.4) is 0 Å². The van der Waals surface area contributed by atoms with Crippen molar-refractivity contribution in [1.29, 1.82) is 0 Å². The first-order valence-corrected chi connectivity index (χ1v) is 10.1. The maximum absolute atomic E-state index is 13.3. The number of hydrogen-bond donors (Lipinski definition) is 2. The fourth-order valence-corrected chi connectivity index (χ4v) is 3.64. The summed E-state index contributed by atoms with van der Waals surface area (Å²) in [5.41, 5.74) is 2.88. The lowest BCUT2D eigenvalue weighted by Gasteiger charge is -2.26. The summed E-state index contributed by atoms with van der Waals surface area (Å²) < 4.78 is 11.6. The van der Waals surface area contributed by atoms with Crippen molar-refractivity contribution in [3.63, 3.8) is 0 Å². The predicted molar refractivity (Wildman–Crippen MR) is 115 cm³/mol. The first-order chi connectivity index (χ1) is 13.8. The second-order valence-corrected chi connectivity index (χ2v) is 8.29. The number of allylic oxidation sites excluding steroid dienone is 4. The molecular weight excluding hydrogens is 368 g/mol. The summed E-state index contributed by atoms with van der Waals surface area (Å²) in [4.78, 5) is 13.3. The van der Waals surface area contributed by atoms with E-state index < -0.39 is 0 Å². The molecule has 3 rings (SSSR count). The molecule has 0 bridgehead atoms. The minimum Gasteiger partial charge on any atom is -0.507 e. The predicted octanol–water partition coefficient (Wildman–Crippen LogP) is 5.50. The fraction of sp³-hybridized carbons (Fsp3) is 0.458. The number of phenols is 2. The Balaban J connectivity index is 2.38. The van der Waals surface area contributed by atoms with Gasteiger partial charge in [0.25, 0.3) is 0 Å². The SMILES string of the molecule is COc1c(C2CCC2)oc2c(CC=C(C)C)c(O)c(CC=C(C)C)c(O)c2c1=O. The molecule has 1 aromatic carbocycles. The normalized spacial score (nSPS) is 13.8. The van der Waals surface area contributed by atoms with E-state index in [9.17, 15) is 15.0 Å². The minimum absolute atomic E-state index is 0.0159. The lowest BCUT2D eigenvalue weighted by atomic mass is 9.82. The topological polar surface area (TPSA) is 79.9 Å². The van der Waals surface area contributed by atoms with Crippen molar-refractivity contribution < 1.29 is 19.4 Å². The number of fused-ring (bicyclic) bond motifs is 1. The molecule has 0 aliphatic heterocycles. The summed E-state index contributed by atoms with van der Waals surface area (Å²) in [7, 11) is 1.45. The molecule has 0 saturated heterocycles. The third-order valence-corrected chi connectivity index (χ3v) is 5.57. The van der Waals surface area contributed by atoms with Crippen LogP contribution in [0, 0.1) is 0 Å². The zero-order chi connectivity index (χ0) is 21.3. The van der Waals surface area contributed by atoms with E-state index in [1.807, 2.05) is 39.8 Å². The molecule has 1 aromatic heterocycles. The van der Waals surface area contributed by atoms with Crippen molar-refractivity contribution in [3.05, 3.63) is 50.4 Å². The van der Waals surface area contributed by atoms with Gasteiger partial charge >= 0.3 is 0 Å². The zero-order valence-electron chi connectivity index (χ0n) is 17.9. The van der Waals surface area contributed by atoms with Crippen molar-refractivity contribution >= 4 is 11.0 Å². The molecule has 2 N–H and O–H groups in total. The zero-order valence-corrected chi connectivity index (χ0v) is 17.9. The van der Waals surface area contributed by atoms with Crippen molar-refractivity contribution in [2.45, 2.75) is 65.7 Å². The highest BCUT2D eigenvalue weighted by molar-refractivity contribution is 5.91. The number of methoxy groups -OCH3 is 1. The van der Waals surface area contributed by atoms with Gasteiger partial charge in [-0.15, -0.1) is 0 Å². The van der Waals surface area contributed by atoms with E-state index in [4.69, 9.17) is 9.15 Å². The molecule has 0 radical (unpaired) electrons. The Labute approximate surface area is 171 Å². The van der Waals surface area contributed by atoms with Gasteiger partial charge in [-0.2, -0.15) is 0 Å². The van der Waals surface area contributed by atoms with Gasteiger partial charge in [0, 0.05) is 17.0 Å². The molecule has 0 amide bonds. The van der Waals surface area contributed by atoms with E-state index in [1.165, 1.54) is 7.11 Å². The first-order valence-electron chi connectivity index (χ1n) is 10.1. The molecule has 5 nitrogen and oxygen atoms in total. The third kappa shape index (κ3) is 3.91. The molecule has 1 aliphatic carbocycles. The van der Waals surface area contributed by atoms with Gasteiger partial charge in [0.1, 0.15) is 22.5 Å². The molecule has 1 aliphatic rings. The van der Waals surface area contributed by atoms with Crippen LogP contribution in [-0.4, -0.2) is 17.3 Å². The lowest BCUT2D eigenvalue weighted by molar-refractivity contribution is 0.312. The summed E-state index contributed by atoms with van der Waals surface area (Å²) in [6.45, 7) is 7.84. The maximum Gasteiger partial charge on any atom is 0.238 e. The van der Waals surface area contributed by atoms with Gasteiger partial charge in [-0.05, 0) is 53.4 Å². The van der Waals surface area contributed by atoms with Crippen molar-refractivity contribution in [2.75, 3.05) is 7.11 Å². The largest absolute Gasteiger partial charge is 0.507 e. The monoisotopic (exact) mass is 398 g/mol. The minimum atomic E-state index is -0.384. The summed E-state index contributed by atoms with van der Waals surface area (Å²) in [5.74, 6) is 0.559. The summed E-state index contributed by atoms with van der Waals surface area (Å²) >= 11 is 0. The van der Waals surface area contributed by atoms with E-state index in [2.05, 4.69) is 0 Å². The van der Waals surface area contributed by atoms with Crippen LogP contribution < -0.4 is 10.2 Å². The second kappa shape index (κ2) is 8.36. The number of ether oxygens (including phenoxy) is 1. The Morgan fingerprint density at radius 2 is 1.62 bits per heavy atom. The van der Waals surface area contributed by atoms with Crippen LogP contribution in [0.1, 0.15) is 69.8 Å². The van der Waals surface area contributed by atoms with Gasteiger partial charge in [-0.3, -0.25) is 4.79 Å². The van der Waals surface area contributed by atoms with E-state index in [-0.39, 0.29) is 39.6 Å². The average molecular weight is 398 g/mol. The van der Waals surface area contributed by atoms with Crippen LogP contribution in [0.5, 0.6) is 17.2 Å².